The van der Waals surface area contributed by atoms with Gasteiger partial charge in [-0.3, -0.25) is 4.79 Å². The Labute approximate surface area is 160 Å². The second-order valence-corrected chi connectivity index (χ2v) is 7.13. The first kappa shape index (κ1) is 17.5. The van der Waals surface area contributed by atoms with E-state index >= 15 is 0 Å². The van der Waals surface area contributed by atoms with Gasteiger partial charge in [0.05, 0.1) is 11.6 Å². The number of aryl methyl sites for hydroxylation is 2. The fraction of sp³-hybridized carbons (Fsp3) is 0.304. The second-order valence-electron chi connectivity index (χ2n) is 7.13. The van der Waals surface area contributed by atoms with Gasteiger partial charge in [0.15, 0.2) is 0 Å². The number of carbonyl (C=O) groups excluding carboxylic acids is 1. The minimum absolute atomic E-state index is 0.0324. The third kappa shape index (κ3) is 3.80. The first-order chi connectivity index (χ1) is 13.2. The molecule has 27 heavy (non-hydrogen) atoms. The molecule has 1 aromatic heterocycles. The zero-order chi connectivity index (χ0) is 18.6. The molecule has 2 heterocycles. The van der Waals surface area contributed by atoms with Crippen LogP contribution in [0.1, 0.15) is 43.5 Å². The lowest BCUT2D eigenvalue weighted by atomic mass is 9.95. The highest BCUT2D eigenvalue weighted by Crippen LogP contribution is 2.26. The van der Waals surface area contributed by atoms with Crippen LogP contribution in [0.4, 0.5) is 5.69 Å². The predicted octanol–water partition coefficient (Wildman–Crippen LogP) is 5.02. The van der Waals surface area contributed by atoms with Crippen LogP contribution in [0.3, 0.4) is 0 Å². The van der Waals surface area contributed by atoms with Gasteiger partial charge < -0.3 is 9.88 Å². The number of amides is 1. The van der Waals surface area contributed by atoms with E-state index < -0.39 is 0 Å². The van der Waals surface area contributed by atoms with Gasteiger partial charge >= 0.3 is 0 Å². The van der Waals surface area contributed by atoms with Crippen LogP contribution in [0.5, 0.6) is 0 Å². The van der Waals surface area contributed by atoms with E-state index in [1.807, 2.05) is 55.5 Å². The molecule has 0 aliphatic carbocycles. The average Bonchev–Trinajstić information content (AvgIpc) is 3.14. The summed E-state index contributed by atoms with van der Waals surface area (Å²) in [5.74, 6) is 1.06. The standard InChI is InChI=1S/C23H25N3O/c1-2-20(17-9-4-3-5-10-17)23(27)24-19-12-8-11-18(15-19)21-16-26-14-7-6-13-22(26)25-21/h3-5,8-12,15-16,20H,2,6-7,13-14H2,1H3,(H,24,27). The summed E-state index contributed by atoms with van der Waals surface area (Å²) >= 11 is 0. The molecule has 138 valence electrons. The SMILES string of the molecule is CCC(C(=O)Nc1cccc(-c2cn3c(n2)CCCC3)c1)c1ccccc1. The molecule has 0 saturated heterocycles. The highest BCUT2D eigenvalue weighted by atomic mass is 16.1. The minimum atomic E-state index is -0.144. The highest BCUT2D eigenvalue weighted by molar-refractivity contribution is 5.96. The van der Waals surface area contributed by atoms with Crippen molar-refractivity contribution in [3.63, 3.8) is 0 Å². The molecule has 0 radical (unpaired) electrons. The zero-order valence-corrected chi connectivity index (χ0v) is 15.7. The van der Waals surface area contributed by atoms with Crippen molar-refractivity contribution in [1.82, 2.24) is 9.55 Å². The van der Waals surface area contributed by atoms with E-state index in [-0.39, 0.29) is 11.8 Å². The van der Waals surface area contributed by atoms with E-state index in [2.05, 4.69) is 22.1 Å². The maximum Gasteiger partial charge on any atom is 0.231 e. The lowest BCUT2D eigenvalue weighted by molar-refractivity contribution is -0.117. The first-order valence-electron chi connectivity index (χ1n) is 9.77. The fourth-order valence-electron chi connectivity index (χ4n) is 3.80. The normalized spacial score (nSPS) is 14.4. The quantitative estimate of drug-likeness (QED) is 0.695. The zero-order valence-electron chi connectivity index (χ0n) is 15.7. The van der Waals surface area contributed by atoms with Gasteiger partial charge in [-0.1, -0.05) is 49.4 Å². The smallest absolute Gasteiger partial charge is 0.231 e. The molecule has 4 nitrogen and oxygen atoms in total. The van der Waals surface area contributed by atoms with Crippen molar-refractivity contribution < 1.29 is 4.79 Å². The summed E-state index contributed by atoms with van der Waals surface area (Å²) in [6, 6.07) is 17.9. The van der Waals surface area contributed by atoms with Gasteiger partial charge in [-0.15, -0.1) is 0 Å². The van der Waals surface area contributed by atoms with Crippen LogP contribution >= 0.6 is 0 Å². The molecule has 0 spiro atoms. The van der Waals surface area contributed by atoms with Gasteiger partial charge in [0.25, 0.3) is 0 Å². The van der Waals surface area contributed by atoms with Gasteiger partial charge in [-0.25, -0.2) is 4.98 Å². The van der Waals surface area contributed by atoms with Crippen molar-refractivity contribution in [2.75, 3.05) is 5.32 Å². The molecule has 1 aliphatic rings. The molecule has 3 aromatic rings. The number of imidazole rings is 1. The van der Waals surface area contributed by atoms with Crippen LogP contribution in [-0.2, 0) is 17.8 Å². The van der Waals surface area contributed by atoms with Crippen molar-refractivity contribution >= 4 is 11.6 Å². The number of nitrogens with zero attached hydrogens (tertiary/aromatic N) is 2. The Morgan fingerprint density at radius 3 is 2.78 bits per heavy atom. The van der Waals surface area contributed by atoms with Gasteiger partial charge in [0, 0.05) is 30.4 Å². The molecule has 1 N–H and O–H groups in total. The van der Waals surface area contributed by atoms with E-state index in [0.29, 0.717) is 0 Å². The molecule has 1 aliphatic heterocycles. The Bertz CT molecular complexity index is 906. The highest BCUT2D eigenvalue weighted by Gasteiger charge is 2.19. The van der Waals surface area contributed by atoms with Crippen molar-refractivity contribution in [2.45, 2.75) is 45.1 Å². The lowest BCUT2D eigenvalue weighted by Gasteiger charge is -2.15. The summed E-state index contributed by atoms with van der Waals surface area (Å²) in [5.41, 5.74) is 3.90. The number of fused-ring (bicyclic) bond motifs is 1. The molecule has 1 amide bonds. The van der Waals surface area contributed by atoms with Crippen LogP contribution in [0.15, 0.2) is 60.8 Å². The number of benzene rings is 2. The molecule has 1 unspecified atom stereocenters. The molecule has 0 bridgehead atoms. The number of nitrogens with one attached hydrogen (secondary N) is 1. The molecule has 2 aromatic carbocycles. The largest absolute Gasteiger partial charge is 0.334 e. The molecular weight excluding hydrogens is 334 g/mol. The molecular formula is C23H25N3O. The number of anilines is 1. The van der Waals surface area contributed by atoms with Crippen LogP contribution < -0.4 is 5.32 Å². The van der Waals surface area contributed by atoms with E-state index in [4.69, 9.17) is 4.98 Å². The molecule has 0 fully saturated rings. The maximum atomic E-state index is 12.8. The summed E-state index contributed by atoms with van der Waals surface area (Å²) in [7, 11) is 0. The lowest BCUT2D eigenvalue weighted by Crippen LogP contribution is -2.20. The molecule has 0 saturated carbocycles. The Morgan fingerprint density at radius 1 is 1.15 bits per heavy atom. The van der Waals surface area contributed by atoms with E-state index in [9.17, 15) is 4.79 Å². The monoisotopic (exact) mass is 359 g/mol. The Hall–Kier alpha value is -2.88. The van der Waals surface area contributed by atoms with Gasteiger partial charge in [0.2, 0.25) is 5.91 Å². The van der Waals surface area contributed by atoms with Gasteiger partial charge in [0.1, 0.15) is 5.82 Å². The minimum Gasteiger partial charge on any atom is -0.334 e. The summed E-state index contributed by atoms with van der Waals surface area (Å²) in [4.78, 5) is 17.6. The number of aromatic nitrogens is 2. The summed E-state index contributed by atoms with van der Waals surface area (Å²) < 4.78 is 2.26. The maximum absolute atomic E-state index is 12.8. The molecule has 4 heteroatoms. The summed E-state index contributed by atoms with van der Waals surface area (Å²) in [5, 5.41) is 3.09. The third-order valence-corrected chi connectivity index (χ3v) is 5.26. The van der Waals surface area contributed by atoms with Crippen molar-refractivity contribution in [3.05, 3.63) is 72.2 Å². The van der Waals surface area contributed by atoms with Crippen molar-refractivity contribution in [1.29, 1.82) is 0 Å². The summed E-state index contributed by atoms with van der Waals surface area (Å²) in [6.07, 6.45) is 6.38. The second kappa shape index (κ2) is 7.78. The Balaban J connectivity index is 1.54. The van der Waals surface area contributed by atoms with Crippen molar-refractivity contribution in [2.24, 2.45) is 0 Å². The van der Waals surface area contributed by atoms with E-state index in [1.54, 1.807) is 0 Å². The van der Waals surface area contributed by atoms with Crippen LogP contribution in [0.25, 0.3) is 11.3 Å². The average molecular weight is 359 g/mol. The van der Waals surface area contributed by atoms with Gasteiger partial charge in [-0.05, 0) is 37.0 Å². The number of hydrogen-bond donors (Lipinski definition) is 1. The first-order valence-corrected chi connectivity index (χ1v) is 9.77. The Morgan fingerprint density at radius 2 is 2.00 bits per heavy atom. The van der Waals surface area contributed by atoms with Crippen LogP contribution in [0, 0.1) is 0 Å². The fourth-order valence-corrected chi connectivity index (χ4v) is 3.80. The molecule has 4 rings (SSSR count). The third-order valence-electron chi connectivity index (χ3n) is 5.26. The Kier molecular flexibility index (Phi) is 5.05. The van der Waals surface area contributed by atoms with E-state index in [1.165, 1.54) is 18.7 Å². The van der Waals surface area contributed by atoms with Gasteiger partial charge in [-0.2, -0.15) is 0 Å². The predicted molar refractivity (Wildman–Crippen MR) is 109 cm³/mol. The van der Waals surface area contributed by atoms with Crippen LogP contribution in [-0.4, -0.2) is 15.5 Å². The molecule has 1 atom stereocenters. The van der Waals surface area contributed by atoms with E-state index in [0.717, 1.165) is 41.9 Å². The number of carbonyl (C=O) groups is 1. The summed E-state index contributed by atoms with van der Waals surface area (Å²) in [6.45, 7) is 3.09. The topological polar surface area (TPSA) is 46.9 Å². The number of hydrogen-bond acceptors (Lipinski definition) is 2. The van der Waals surface area contributed by atoms with Crippen molar-refractivity contribution in [3.8, 4) is 11.3 Å². The number of rotatable bonds is 5. The van der Waals surface area contributed by atoms with Crippen LogP contribution in [0.2, 0.25) is 0 Å².